The van der Waals surface area contributed by atoms with E-state index in [1.54, 1.807) is 85.9 Å². The molecule has 1 atom stereocenters. The first kappa shape index (κ1) is 22.0. The predicted molar refractivity (Wildman–Crippen MR) is 123 cm³/mol. The van der Waals surface area contributed by atoms with Gasteiger partial charge in [0.2, 0.25) is 0 Å². The van der Waals surface area contributed by atoms with Crippen LogP contribution in [0.15, 0.2) is 77.8 Å². The summed E-state index contributed by atoms with van der Waals surface area (Å²) in [6.07, 6.45) is 1.81. The lowest BCUT2D eigenvalue weighted by molar-refractivity contribution is -0.147. The van der Waals surface area contributed by atoms with E-state index in [4.69, 9.17) is 4.74 Å². The summed E-state index contributed by atoms with van der Waals surface area (Å²) >= 11 is 0. The lowest BCUT2D eigenvalue weighted by Crippen LogP contribution is -2.47. The van der Waals surface area contributed by atoms with E-state index in [2.05, 4.69) is 4.99 Å². The molecule has 2 amide bonds. The lowest BCUT2D eigenvalue weighted by atomic mass is 10.0. The molecule has 1 aliphatic heterocycles. The fourth-order valence-electron chi connectivity index (χ4n) is 3.66. The molecule has 7 heteroatoms. The zero-order valence-corrected chi connectivity index (χ0v) is 18.0. The van der Waals surface area contributed by atoms with Crippen LogP contribution < -0.4 is 0 Å². The fourth-order valence-corrected chi connectivity index (χ4v) is 3.66. The molecule has 7 nitrogen and oxygen atoms in total. The summed E-state index contributed by atoms with van der Waals surface area (Å²) < 4.78 is 5.18. The summed E-state index contributed by atoms with van der Waals surface area (Å²) in [5.41, 5.74) is 2.87. The minimum absolute atomic E-state index is 0.131. The van der Waals surface area contributed by atoms with Crippen molar-refractivity contribution in [2.24, 2.45) is 4.99 Å². The number of aliphatic imine (C=N–C) groups is 1. The molecule has 0 saturated heterocycles. The number of amides is 2. The van der Waals surface area contributed by atoms with E-state index < -0.39 is 23.8 Å². The van der Waals surface area contributed by atoms with Crippen molar-refractivity contribution in [3.05, 3.63) is 95.1 Å². The number of carbonyl (C=O) groups excluding carboxylic acids is 3. The first-order valence-corrected chi connectivity index (χ1v) is 10.5. The van der Waals surface area contributed by atoms with Gasteiger partial charge in [0.25, 0.3) is 11.8 Å². The summed E-state index contributed by atoms with van der Waals surface area (Å²) in [5.74, 6) is -1.43. The molecule has 3 aromatic rings. The van der Waals surface area contributed by atoms with Gasteiger partial charge in [-0.2, -0.15) is 0 Å². The van der Waals surface area contributed by atoms with E-state index in [0.29, 0.717) is 5.69 Å². The monoisotopic (exact) mass is 442 g/mol. The second kappa shape index (κ2) is 9.48. The van der Waals surface area contributed by atoms with E-state index in [-0.39, 0.29) is 29.9 Å². The van der Waals surface area contributed by atoms with Crippen molar-refractivity contribution in [3.8, 4) is 5.75 Å². The Morgan fingerprint density at radius 3 is 2.15 bits per heavy atom. The van der Waals surface area contributed by atoms with Gasteiger partial charge in [0.15, 0.2) is 0 Å². The molecule has 0 unspecified atom stereocenters. The number of phenols is 1. The Kier molecular flexibility index (Phi) is 6.31. The van der Waals surface area contributed by atoms with Crippen molar-refractivity contribution in [3.63, 3.8) is 0 Å². The van der Waals surface area contributed by atoms with Gasteiger partial charge < -0.3 is 9.84 Å². The molecule has 1 aliphatic rings. The molecule has 0 fully saturated rings. The van der Waals surface area contributed by atoms with Crippen LogP contribution in [0.3, 0.4) is 0 Å². The maximum absolute atomic E-state index is 12.9. The highest BCUT2D eigenvalue weighted by atomic mass is 16.5. The number of nitrogens with zero attached hydrogens (tertiary/aromatic N) is 2. The maximum Gasteiger partial charge on any atom is 0.329 e. The quantitative estimate of drug-likeness (QED) is 0.340. The number of hydrogen-bond donors (Lipinski definition) is 1. The van der Waals surface area contributed by atoms with E-state index in [9.17, 15) is 19.5 Å². The van der Waals surface area contributed by atoms with Gasteiger partial charge in [0.1, 0.15) is 11.8 Å². The Labute approximate surface area is 191 Å². The van der Waals surface area contributed by atoms with Gasteiger partial charge in [0.05, 0.1) is 23.4 Å². The van der Waals surface area contributed by atoms with Gasteiger partial charge in [-0.15, -0.1) is 0 Å². The van der Waals surface area contributed by atoms with Gasteiger partial charge in [-0.25, -0.2) is 4.79 Å². The highest BCUT2D eigenvalue weighted by molar-refractivity contribution is 6.22. The predicted octanol–water partition coefficient (Wildman–Crippen LogP) is 3.91. The van der Waals surface area contributed by atoms with Crippen LogP contribution in [0.5, 0.6) is 5.75 Å². The van der Waals surface area contributed by atoms with Crippen molar-refractivity contribution >= 4 is 29.7 Å². The molecule has 1 N–H and O–H groups in total. The number of carbonyl (C=O) groups is 3. The zero-order valence-electron chi connectivity index (χ0n) is 18.0. The normalized spacial score (nSPS) is 13.9. The third kappa shape index (κ3) is 4.67. The summed E-state index contributed by atoms with van der Waals surface area (Å²) in [6, 6.07) is 19.3. The molecule has 166 valence electrons. The Bertz CT molecular complexity index is 1180. The standard InChI is InChI=1S/C26H22N2O5/c1-2-33-26(32)23(28-24(30)21-5-3-4-6-22(21)25(28)31)15-17-7-11-19(12-8-17)27-16-18-9-13-20(29)14-10-18/h3-14,16,23,29H,2,15H2,1H3/t23-/m0/s1. The number of imide groups is 1. The average molecular weight is 442 g/mol. The second-order valence-corrected chi connectivity index (χ2v) is 7.51. The molecule has 0 radical (unpaired) electrons. The molecular formula is C26H22N2O5. The number of hydrogen-bond acceptors (Lipinski definition) is 6. The molecular weight excluding hydrogens is 420 g/mol. The average Bonchev–Trinajstić information content (AvgIpc) is 3.08. The molecule has 0 bridgehead atoms. The molecule has 0 aromatic heterocycles. The summed E-state index contributed by atoms with van der Waals surface area (Å²) in [5, 5.41) is 9.36. The number of aromatic hydroxyl groups is 1. The van der Waals surface area contributed by atoms with Crippen molar-refractivity contribution < 1.29 is 24.2 Å². The van der Waals surface area contributed by atoms with Crippen molar-refractivity contribution in [1.82, 2.24) is 4.90 Å². The number of benzene rings is 3. The van der Waals surface area contributed by atoms with Gasteiger partial charge in [-0.05, 0) is 66.6 Å². The van der Waals surface area contributed by atoms with Crippen molar-refractivity contribution in [2.45, 2.75) is 19.4 Å². The molecule has 0 spiro atoms. The molecule has 3 aromatic carbocycles. The highest BCUT2D eigenvalue weighted by Gasteiger charge is 2.43. The van der Waals surface area contributed by atoms with Gasteiger partial charge in [-0.1, -0.05) is 24.3 Å². The van der Waals surface area contributed by atoms with E-state index in [1.807, 2.05) is 0 Å². The van der Waals surface area contributed by atoms with E-state index in [0.717, 1.165) is 16.0 Å². The summed E-state index contributed by atoms with van der Waals surface area (Å²) in [7, 11) is 0. The number of phenolic OH excluding ortho intramolecular Hbond substituents is 1. The first-order chi connectivity index (χ1) is 16.0. The van der Waals surface area contributed by atoms with Gasteiger partial charge in [-0.3, -0.25) is 19.5 Å². The molecule has 33 heavy (non-hydrogen) atoms. The third-order valence-corrected chi connectivity index (χ3v) is 5.32. The molecule has 0 aliphatic carbocycles. The fraction of sp³-hybridized carbons (Fsp3) is 0.154. The lowest BCUT2D eigenvalue weighted by Gasteiger charge is -2.24. The number of esters is 1. The topological polar surface area (TPSA) is 96.3 Å². The Balaban J connectivity index is 1.54. The van der Waals surface area contributed by atoms with E-state index >= 15 is 0 Å². The zero-order chi connectivity index (χ0) is 23.4. The van der Waals surface area contributed by atoms with Gasteiger partial charge >= 0.3 is 5.97 Å². The van der Waals surface area contributed by atoms with Crippen molar-refractivity contribution in [1.29, 1.82) is 0 Å². The van der Waals surface area contributed by atoms with Crippen LogP contribution in [0, 0.1) is 0 Å². The van der Waals surface area contributed by atoms with Crippen LogP contribution in [0.25, 0.3) is 0 Å². The summed E-state index contributed by atoms with van der Waals surface area (Å²) in [4.78, 5) is 43.9. The SMILES string of the molecule is CCOC(=O)[C@H](Cc1ccc(N=Cc2ccc(O)cc2)cc1)N1C(=O)c2ccccc2C1=O. The first-order valence-electron chi connectivity index (χ1n) is 10.5. The Morgan fingerprint density at radius 1 is 0.970 bits per heavy atom. The van der Waals surface area contributed by atoms with Crippen LogP contribution >= 0.6 is 0 Å². The van der Waals surface area contributed by atoms with E-state index in [1.165, 1.54) is 0 Å². The van der Waals surface area contributed by atoms with Crippen LogP contribution in [0.2, 0.25) is 0 Å². The Hall–Kier alpha value is -4.26. The highest BCUT2D eigenvalue weighted by Crippen LogP contribution is 2.27. The Morgan fingerprint density at radius 2 is 1.58 bits per heavy atom. The third-order valence-electron chi connectivity index (χ3n) is 5.32. The molecule has 0 saturated carbocycles. The van der Waals surface area contributed by atoms with Gasteiger partial charge in [0, 0.05) is 12.6 Å². The van der Waals surface area contributed by atoms with Crippen molar-refractivity contribution in [2.75, 3.05) is 6.61 Å². The number of ether oxygens (including phenoxy) is 1. The largest absolute Gasteiger partial charge is 0.508 e. The molecule has 1 heterocycles. The minimum atomic E-state index is -1.07. The van der Waals surface area contributed by atoms with Crippen LogP contribution in [-0.4, -0.2) is 46.7 Å². The minimum Gasteiger partial charge on any atom is -0.508 e. The molecule has 4 rings (SSSR count). The summed E-state index contributed by atoms with van der Waals surface area (Å²) in [6.45, 7) is 1.82. The van der Waals surface area contributed by atoms with Crippen LogP contribution in [0.4, 0.5) is 5.69 Å². The van der Waals surface area contributed by atoms with Crippen LogP contribution in [0.1, 0.15) is 38.8 Å². The maximum atomic E-state index is 12.9. The second-order valence-electron chi connectivity index (χ2n) is 7.51. The number of fused-ring (bicyclic) bond motifs is 1. The van der Waals surface area contributed by atoms with Crippen LogP contribution in [-0.2, 0) is 16.0 Å². The number of rotatable bonds is 7. The smallest absolute Gasteiger partial charge is 0.329 e.